The summed E-state index contributed by atoms with van der Waals surface area (Å²) >= 11 is 0. The van der Waals surface area contributed by atoms with Crippen molar-refractivity contribution < 1.29 is 24.2 Å². The van der Waals surface area contributed by atoms with Gasteiger partial charge in [0.25, 0.3) is 0 Å². The second-order valence-electron chi connectivity index (χ2n) is 3.09. The van der Waals surface area contributed by atoms with E-state index in [2.05, 4.69) is 0 Å². The number of hydrogen-bond donors (Lipinski definition) is 1. The number of hydrogen-bond acceptors (Lipinski definition) is 4. The normalized spacial score (nSPS) is 10.2. The van der Waals surface area contributed by atoms with E-state index < -0.39 is 12.6 Å². The molecule has 17 heavy (non-hydrogen) atoms. The first-order valence-corrected chi connectivity index (χ1v) is 4.82. The van der Waals surface area contributed by atoms with Crippen LogP contribution in [0.2, 0.25) is 0 Å². The van der Waals surface area contributed by atoms with Gasteiger partial charge in [-0.2, -0.15) is 0 Å². The first-order valence-electron chi connectivity index (χ1n) is 4.82. The number of carboxylic acids is 1. The van der Waals surface area contributed by atoms with Gasteiger partial charge < -0.3 is 14.6 Å². The molecule has 1 aromatic rings. The minimum absolute atomic E-state index is 0.346. The number of ether oxygens (including phenoxy) is 2. The highest BCUT2D eigenvalue weighted by Crippen LogP contribution is 2.28. The standard InChI is InChI=1S/C12H12O5/c1-16-11-7-9(3-2-6-13)4-5-10(11)17-8-12(14)15/h2-7H,8H2,1H3,(H,14,15)/b3-2+. The number of aldehydes is 1. The average molecular weight is 236 g/mol. The SMILES string of the molecule is COc1cc(/C=C/C=O)ccc1OCC(=O)O. The lowest BCUT2D eigenvalue weighted by atomic mass is 10.2. The summed E-state index contributed by atoms with van der Waals surface area (Å²) in [7, 11) is 1.45. The van der Waals surface area contributed by atoms with E-state index in [0.717, 1.165) is 5.56 Å². The number of methoxy groups -OCH3 is 1. The van der Waals surface area contributed by atoms with Crippen molar-refractivity contribution >= 4 is 18.3 Å². The van der Waals surface area contributed by atoms with Gasteiger partial charge in [0.2, 0.25) is 0 Å². The first-order chi connectivity index (χ1) is 8.17. The molecule has 0 heterocycles. The highest BCUT2D eigenvalue weighted by molar-refractivity contribution is 5.74. The Bertz CT molecular complexity index is 437. The van der Waals surface area contributed by atoms with E-state index in [1.54, 1.807) is 24.3 Å². The van der Waals surface area contributed by atoms with Crippen molar-refractivity contribution in [2.45, 2.75) is 0 Å². The Hall–Kier alpha value is -2.30. The molecule has 1 N–H and O–H groups in total. The van der Waals surface area contributed by atoms with E-state index in [-0.39, 0.29) is 0 Å². The van der Waals surface area contributed by atoms with Crippen LogP contribution >= 0.6 is 0 Å². The lowest BCUT2D eigenvalue weighted by Crippen LogP contribution is -2.10. The molecule has 1 rings (SSSR count). The van der Waals surface area contributed by atoms with E-state index in [4.69, 9.17) is 14.6 Å². The van der Waals surface area contributed by atoms with Gasteiger partial charge in [0, 0.05) is 0 Å². The van der Waals surface area contributed by atoms with Crippen molar-refractivity contribution in [3.63, 3.8) is 0 Å². The summed E-state index contributed by atoms with van der Waals surface area (Å²) in [6, 6.07) is 4.93. The van der Waals surface area contributed by atoms with Gasteiger partial charge >= 0.3 is 5.97 Å². The second-order valence-corrected chi connectivity index (χ2v) is 3.09. The Balaban J connectivity index is 2.88. The monoisotopic (exact) mass is 236 g/mol. The molecule has 0 spiro atoms. The molecule has 1 aromatic carbocycles. The Morgan fingerprint density at radius 1 is 1.41 bits per heavy atom. The van der Waals surface area contributed by atoms with Crippen LogP contribution in [-0.2, 0) is 9.59 Å². The maximum absolute atomic E-state index is 10.4. The van der Waals surface area contributed by atoms with Gasteiger partial charge in [0.15, 0.2) is 18.1 Å². The van der Waals surface area contributed by atoms with Crippen molar-refractivity contribution in [2.75, 3.05) is 13.7 Å². The van der Waals surface area contributed by atoms with Gasteiger partial charge in [-0.05, 0) is 23.8 Å². The molecule has 0 amide bonds. The number of carboxylic acid groups (broad SMARTS) is 1. The van der Waals surface area contributed by atoms with E-state index >= 15 is 0 Å². The van der Waals surface area contributed by atoms with Gasteiger partial charge in [-0.3, -0.25) is 4.79 Å². The maximum Gasteiger partial charge on any atom is 0.341 e. The fourth-order valence-corrected chi connectivity index (χ4v) is 1.20. The van der Waals surface area contributed by atoms with Crippen LogP contribution in [0.15, 0.2) is 24.3 Å². The van der Waals surface area contributed by atoms with Crippen LogP contribution in [0, 0.1) is 0 Å². The summed E-state index contributed by atoms with van der Waals surface area (Å²) in [5.74, 6) is -0.297. The van der Waals surface area contributed by atoms with Crippen molar-refractivity contribution in [1.29, 1.82) is 0 Å². The van der Waals surface area contributed by atoms with Crippen LogP contribution in [0.3, 0.4) is 0 Å². The second kappa shape index (κ2) is 6.32. The number of benzene rings is 1. The van der Waals surface area contributed by atoms with E-state index in [1.807, 2.05) is 0 Å². The topological polar surface area (TPSA) is 72.8 Å². The van der Waals surface area contributed by atoms with Crippen molar-refractivity contribution in [2.24, 2.45) is 0 Å². The van der Waals surface area contributed by atoms with Crippen LogP contribution in [0.1, 0.15) is 5.56 Å². The smallest absolute Gasteiger partial charge is 0.341 e. The number of allylic oxidation sites excluding steroid dienone is 1. The zero-order chi connectivity index (χ0) is 12.7. The fourth-order valence-electron chi connectivity index (χ4n) is 1.20. The molecule has 0 unspecified atom stereocenters. The Kier molecular flexibility index (Phi) is 4.75. The third-order valence-corrected chi connectivity index (χ3v) is 1.91. The summed E-state index contributed by atoms with van der Waals surface area (Å²) in [6.45, 7) is -0.431. The van der Waals surface area contributed by atoms with Crippen LogP contribution in [0.4, 0.5) is 0 Å². The predicted molar refractivity (Wildman–Crippen MR) is 61.2 cm³/mol. The number of rotatable bonds is 6. The first kappa shape index (κ1) is 12.8. The Labute approximate surface area is 98.3 Å². The molecule has 5 nitrogen and oxygen atoms in total. The third kappa shape index (κ3) is 3.98. The lowest BCUT2D eigenvalue weighted by molar-refractivity contribution is -0.139. The molecular weight excluding hydrogens is 224 g/mol. The fraction of sp³-hybridized carbons (Fsp3) is 0.167. The number of carbonyl (C=O) groups is 2. The zero-order valence-electron chi connectivity index (χ0n) is 9.25. The van der Waals surface area contributed by atoms with E-state index in [9.17, 15) is 9.59 Å². The van der Waals surface area contributed by atoms with Crippen molar-refractivity contribution in [3.8, 4) is 11.5 Å². The maximum atomic E-state index is 10.4. The summed E-state index contributed by atoms with van der Waals surface area (Å²) in [4.78, 5) is 20.5. The summed E-state index contributed by atoms with van der Waals surface area (Å²) in [6.07, 6.45) is 3.63. The largest absolute Gasteiger partial charge is 0.493 e. The Morgan fingerprint density at radius 2 is 2.18 bits per heavy atom. The molecule has 0 saturated heterocycles. The molecular formula is C12H12O5. The highest BCUT2D eigenvalue weighted by atomic mass is 16.5. The number of carbonyl (C=O) groups excluding carboxylic acids is 1. The molecule has 0 radical (unpaired) electrons. The minimum Gasteiger partial charge on any atom is -0.493 e. The average Bonchev–Trinajstić information content (AvgIpc) is 2.34. The molecule has 0 saturated carbocycles. The third-order valence-electron chi connectivity index (χ3n) is 1.91. The van der Waals surface area contributed by atoms with Crippen LogP contribution in [0.5, 0.6) is 11.5 Å². The minimum atomic E-state index is -1.06. The van der Waals surface area contributed by atoms with Gasteiger partial charge in [-0.25, -0.2) is 4.79 Å². The van der Waals surface area contributed by atoms with Crippen LogP contribution in [0.25, 0.3) is 6.08 Å². The van der Waals surface area contributed by atoms with Gasteiger partial charge in [0.1, 0.15) is 6.29 Å². The Morgan fingerprint density at radius 3 is 2.76 bits per heavy atom. The lowest BCUT2D eigenvalue weighted by Gasteiger charge is -2.09. The van der Waals surface area contributed by atoms with Crippen LogP contribution in [-0.4, -0.2) is 31.1 Å². The molecule has 0 fully saturated rings. The van der Waals surface area contributed by atoms with Gasteiger partial charge in [-0.15, -0.1) is 0 Å². The quantitative estimate of drug-likeness (QED) is 0.596. The summed E-state index contributed by atoms with van der Waals surface area (Å²) < 4.78 is 10.1. The van der Waals surface area contributed by atoms with Crippen molar-refractivity contribution in [3.05, 3.63) is 29.8 Å². The zero-order valence-corrected chi connectivity index (χ0v) is 9.25. The molecule has 0 aliphatic heterocycles. The van der Waals surface area contributed by atoms with E-state index in [1.165, 1.54) is 13.2 Å². The van der Waals surface area contributed by atoms with E-state index in [0.29, 0.717) is 17.8 Å². The molecule has 5 heteroatoms. The molecule has 0 bridgehead atoms. The van der Waals surface area contributed by atoms with Gasteiger partial charge in [-0.1, -0.05) is 12.1 Å². The summed E-state index contributed by atoms with van der Waals surface area (Å²) in [5.41, 5.74) is 0.761. The number of aliphatic carboxylic acids is 1. The molecule has 0 atom stereocenters. The van der Waals surface area contributed by atoms with Gasteiger partial charge in [0.05, 0.1) is 7.11 Å². The van der Waals surface area contributed by atoms with Crippen LogP contribution < -0.4 is 9.47 Å². The summed E-state index contributed by atoms with van der Waals surface area (Å²) in [5, 5.41) is 8.49. The molecule has 0 aliphatic rings. The van der Waals surface area contributed by atoms with Crippen molar-refractivity contribution in [1.82, 2.24) is 0 Å². The molecule has 0 aromatic heterocycles. The highest BCUT2D eigenvalue weighted by Gasteiger charge is 2.06. The molecule has 0 aliphatic carbocycles. The molecule has 90 valence electrons. The predicted octanol–water partition coefficient (Wildman–Crippen LogP) is 1.37.